The first-order valence-electron chi connectivity index (χ1n) is 8.67. The lowest BCUT2D eigenvalue weighted by molar-refractivity contribution is 0.0937. The van der Waals surface area contributed by atoms with Crippen LogP contribution in [0.3, 0.4) is 0 Å². The van der Waals surface area contributed by atoms with Crippen LogP contribution < -0.4 is 16.2 Å². The molecule has 0 aliphatic carbocycles. The Labute approximate surface area is 162 Å². The van der Waals surface area contributed by atoms with E-state index in [-0.39, 0.29) is 5.78 Å². The third-order valence-corrected chi connectivity index (χ3v) is 4.07. The average molecular weight is 373 g/mol. The molecule has 0 spiro atoms. The first kappa shape index (κ1) is 18.8. The molecule has 28 heavy (non-hydrogen) atoms. The Kier molecular flexibility index (Phi) is 5.81. The van der Waals surface area contributed by atoms with Gasteiger partial charge in [0, 0.05) is 16.8 Å². The number of hydrazine groups is 1. The van der Waals surface area contributed by atoms with Crippen LogP contribution in [-0.4, -0.2) is 17.7 Å². The molecule has 0 heterocycles. The second kappa shape index (κ2) is 8.64. The third-order valence-electron chi connectivity index (χ3n) is 4.07. The molecule has 0 aromatic heterocycles. The van der Waals surface area contributed by atoms with Gasteiger partial charge in [-0.1, -0.05) is 54.6 Å². The van der Waals surface area contributed by atoms with E-state index in [0.717, 1.165) is 11.1 Å². The van der Waals surface area contributed by atoms with Crippen molar-refractivity contribution >= 4 is 23.4 Å². The molecule has 140 valence electrons. The molecule has 0 radical (unpaired) electrons. The first-order valence-corrected chi connectivity index (χ1v) is 8.67. The van der Waals surface area contributed by atoms with Crippen LogP contribution in [0.15, 0.2) is 78.9 Å². The average Bonchev–Trinajstić information content (AvgIpc) is 2.73. The van der Waals surface area contributed by atoms with Gasteiger partial charge in [-0.15, -0.1) is 0 Å². The largest absolute Gasteiger partial charge is 0.337 e. The van der Waals surface area contributed by atoms with E-state index in [1.165, 1.54) is 6.92 Å². The maximum absolute atomic E-state index is 12.2. The van der Waals surface area contributed by atoms with Crippen LogP contribution in [0, 0.1) is 0 Å². The molecule has 0 aliphatic heterocycles. The van der Waals surface area contributed by atoms with Crippen LogP contribution in [0.25, 0.3) is 11.1 Å². The highest BCUT2D eigenvalue weighted by molar-refractivity contribution is 5.98. The predicted octanol–water partition coefficient (Wildman–Crippen LogP) is 4.02. The third kappa shape index (κ3) is 4.82. The second-order valence-corrected chi connectivity index (χ2v) is 6.11. The maximum Gasteiger partial charge on any atom is 0.337 e. The van der Waals surface area contributed by atoms with Crippen LogP contribution in [0.1, 0.15) is 27.6 Å². The van der Waals surface area contributed by atoms with Crippen molar-refractivity contribution in [3.8, 4) is 11.1 Å². The van der Waals surface area contributed by atoms with Gasteiger partial charge in [-0.3, -0.25) is 15.0 Å². The highest BCUT2D eigenvalue weighted by Crippen LogP contribution is 2.19. The number of carbonyl (C=O) groups excluding carboxylic acids is 3. The number of carbonyl (C=O) groups is 3. The molecule has 0 aliphatic rings. The molecule has 3 amide bonds. The zero-order chi connectivity index (χ0) is 19.9. The minimum Gasteiger partial charge on any atom is -0.307 e. The van der Waals surface area contributed by atoms with E-state index in [0.29, 0.717) is 16.8 Å². The minimum absolute atomic E-state index is 0.101. The van der Waals surface area contributed by atoms with Crippen LogP contribution in [0.5, 0.6) is 0 Å². The SMILES string of the molecule is CC(=O)c1cccc(NC(=O)NNC(=O)c2ccc(-c3ccccc3)cc2)c1. The molecule has 3 aromatic rings. The van der Waals surface area contributed by atoms with Crippen molar-refractivity contribution in [2.24, 2.45) is 0 Å². The Morgan fingerprint density at radius 3 is 2.04 bits per heavy atom. The fourth-order valence-corrected chi connectivity index (χ4v) is 2.61. The van der Waals surface area contributed by atoms with E-state index in [1.807, 2.05) is 42.5 Å². The Bertz CT molecular complexity index is 999. The first-order chi connectivity index (χ1) is 13.5. The van der Waals surface area contributed by atoms with Gasteiger partial charge in [0.05, 0.1) is 0 Å². The molecule has 3 N–H and O–H groups in total. The topological polar surface area (TPSA) is 87.3 Å². The summed E-state index contributed by atoms with van der Waals surface area (Å²) in [7, 11) is 0. The smallest absolute Gasteiger partial charge is 0.307 e. The predicted molar refractivity (Wildman–Crippen MR) is 108 cm³/mol. The van der Waals surface area contributed by atoms with Gasteiger partial charge >= 0.3 is 6.03 Å². The van der Waals surface area contributed by atoms with Crippen molar-refractivity contribution in [3.63, 3.8) is 0 Å². The van der Waals surface area contributed by atoms with Crippen molar-refractivity contribution in [3.05, 3.63) is 90.0 Å². The van der Waals surface area contributed by atoms with Crippen molar-refractivity contribution in [2.75, 3.05) is 5.32 Å². The van der Waals surface area contributed by atoms with Crippen LogP contribution >= 0.6 is 0 Å². The fourth-order valence-electron chi connectivity index (χ4n) is 2.61. The lowest BCUT2D eigenvalue weighted by Crippen LogP contribution is -2.43. The van der Waals surface area contributed by atoms with Gasteiger partial charge in [-0.25, -0.2) is 10.2 Å². The summed E-state index contributed by atoms with van der Waals surface area (Å²) in [5, 5.41) is 2.56. The minimum atomic E-state index is -0.616. The van der Waals surface area contributed by atoms with E-state index in [4.69, 9.17) is 0 Å². The number of hydrogen-bond acceptors (Lipinski definition) is 3. The number of anilines is 1. The molecule has 3 aromatic carbocycles. The molecule has 0 saturated heterocycles. The zero-order valence-corrected chi connectivity index (χ0v) is 15.2. The van der Waals surface area contributed by atoms with E-state index in [1.54, 1.807) is 36.4 Å². The zero-order valence-electron chi connectivity index (χ0n) is 15.2. The number of amides is 3. The highest BCUT2D eigenvalue weighted by Gasteiger charge is 2.09. The molecular formula is C22H19N3O3. The number of hydrogen-bond donors (Lipinski definition) is 3. The maximum atomic E-state index is 12.2. The summed E-state index contributed by atoms with van der Waals surface area (Å²) in [6, 6.07) is 22.8. The van der Waals surface area contributed by atoms with Gasteiger partial charge in [0.2, 0.25) is 0 Å². The number of benzene rings is 3. The van der Waals surface area contributed by atoms with Gasteiger partial charge in [0.1, 0.15) is 0 Å². The highest BCUT2D eigenvalue weighted by atomic mass is 16.2. The van der Waals surface area contributed by atoms with Crippen molar-refractivity contribution in [1.29, 1.82) is 0 Å². The molecule has 6 heteroatoms. The molecule has 6 nitrogen and oxygen atoms in total. The van der Waals surface area contributed by atoms with E-state index < -0.39 is 11.9 Å². The summed E-state index contributed by atoms with van der Waals surface area (Å²) in [4.78, 5) is 35.5. The summed E-state index contributed by atoms with van der Waals surface area (Å²) >= 11 is 0. The van der Waals surface area contributed by atoms with Crippen molar-refractivity contribution < 1.29 is 14.4 Å². The van der Waals surface area contributed by atoms with Crippen LogP contribution in [-0.2, 0) is 0 Å². The van der Waals surface area contributed by atoms with Gasteiger partial charge < -0.3 is 5.32 Å². The summed E-state index contributed by atoms with van der Waals surface area (Å²) < 4.78 is 0. The van der Waals surface area contributed by atoms with Gasteiger partial charge in [0.15, 0.2) is 5.78 Å². The van der Waals surface area contributed by atoms with E-state index >= 15 is 0 Å². The summed E-state index contributed by atoms with van der Waals surface area (Å²) in [5.41, 5.74) is 8.04. The Morgan fingerprint density at radius 1 is 0.679 bits per heavy atom. The second-order valence-electron chi connectivity index (χ2n) is 6.11. The Morgan fingerprint density at radius 2 is 1.36 bits per heavy atom. The van der Waals surface area contributed by atoms with Crippen molar-refractivity contribution in [1.82, 2.24) is 10.9 Å². The van der Waals surface area contributed by atoms with Gasteiger partial charge in [-0.05, 0) is 42.3 Å². The van der Waals surface area contributed by atoms with Gasteiger partial charge in [0.25, 0.3) is 5.91 Å². The lowest BCUT2D eigenvalue weighted by atomic mass is 10.0. The summed E-state index contributed by atoms with van der Waals surface area (Å²) in [6.45, 7) is 1.45. The standard InChI is InChI=1S/C22H19N3O3/c1-15(26)19-8-5-9-20(14-19)23-22(28)25-24-21(27)18-12-10-17(11-13-18)16-6-3-2-4-7-16/h2-14H,1H3,(H,24,27)(H2,23,25,28). The van der Waals surface area contributed by atoms with Gasteiger partial charge in [-0.2, -0.15) is 0 Å². The number of ketones is 1. The molecule has 0 unspecified atom stereocenters. The lowest BCUT2D eigenvalue weighted by Gasteiger charge is -2.10. The van der Waals surface area contributed by atoms with Crippen LogP contribution in [0.4, 0.5) is 10.5 Å². The number of rotatable bonds is 4. The van der Waals surface area contributed by atoms with Crippen LogP contribution in [0.2, 0.25) is 0 Å². The number of urea groups is 1. The summed E-state index contributed by atoms with van der Waals surface area (Å²) in [6.07, 6.45) is 0. The Hall–Kier alpha value is -3.93. The molecule has 0 fully saturated rings. The molecule has 0 atom stereocenters. The number of Topliss-reactive ketones (excluding diaryl/α,β-unsaturated/α-hetero) is 1. The monoisotopic (exact) mass is 373 g/mol. The normalized spacial score (nSPS) is 10.0. The fraction of sp³-hybridized carbons (Fsp3) is 0.0455. The quantitative estimate of drug-likeness (QED) is 0.477. The number of nitrogens with one attached hydrogen (secondary N) is 3. The summed E-state index contributed by atoms with van der Waals surface area (Å²) in [5.74, 6) is -0.538. The molecule has 0 bridgehead atoms. The Balaban J connectivity index is 1.55. The molecule has 0 saturated carbocycles. The molecule has 3 rings (SSSR count). The van der Waals surface area contributed by atoms with E-state index in [2.05, 4.69) is 16.2 Å². The molecular weight excluding hydrogens is 354 g/mol. The van der Waals surface area contributed by atoms with E-state index in [9.17, 15) is 14.4 Å². The van der Waals surface area contributed by atoms with Crippen molar-refractivity contribution in [2.45, 2.75) is 6.92 Å².